The van der Waals surface area contributed by atoms with E-state index in [9.17, 15) is 9.59 Å². The number of carbonyl (C=O) groups excluding carboxylic acids is 2. The lowest BCUT2D eigenvalue weighted by molar-refractivity contribution is -0.167. The minimum Gasteiger partial charge on any atom is -0.496 e. The van der Waals surface area contributed by atoms with Crippen LogP contribution in [0.4, 0.5) is 0 Å². The second-order valence-corrected chi connectivity index (χ2v) is 15.9. The Morgan fingerprint density at radius 3 is 1.74 bits per heavy atom. The van der Waals surface area contributed by atoms with Crippen molar-refractivity contribution in [2.24, 2.45) is 0 Å². The quantitative estimate of drug-likeness (QED) is 0.253. The van der Waals surface area contributed by atoms with E-state index in [1.165, 1.54) is 60.8 Å². The van der Waals surface area contributed by atoms with Crippen molar-refractivity contribution in [3.05, 3.63) is 75.8 Å². The molecule has 3 aromatic carbocycles. The predicted octanol–water partition coefficient (Wildman–Crippen LogP) is 10.6. The number of hydrogen-bond acceptors (Lipinski definition) is 5. The van der Waals surface area contributed by atoms with E-state index in [2.05, 4.69) is 52.0 Å². The second-order valence-electron chi connectivity index (χ2n) is 15.9. The van der Waals surface area contributed by atoms with Gasteiger partial charge in [-0.2, -0.15) is 0 Å². The highest BCUT2D eigenvalue weighted by Gasteiger charge is 2.55. The third-order valence-electron chi connectivity index (χ3n) is 11.7. The monoisotopic (exact) mass is 634 g/mol. The zero-order chi connectivity index (χ0) is 33.0. The third kappa shape index (κ3) is 5.58. The first-order valence-electron chi connectivity index (χ1n) is 17.9. The molecule has 3 aromatic rings. The van der Waals surface area contributed by atoms with E-state index < -0.39 is 5.79 Å². The van der Waals surface area contributed by atoms with Gasteiger partial charge < -0.3 is 14.2 Å². The average molecular weight is 635 g/mol. The summed E-state index contributed by atoms with van der Waals surface area (Å²) in [6.07, 6.45) is 14.9. The van der Waals surface area contributed by atoms with Crippen LogP contribution in [0.15, 0.2) is 42.5 Å². The topological polar surface area (TPSA) is 61.8 Å². The van der Waals surface area contributed by atoms with Gasteiger partial charge in [0, 0.05) is 57.1 Å². The number of aldehydes is 2. The van der Waals surface area contributed by atoms with Crippen LogP contribution in [0.3, 0.4) is 0 Å². The molecule has 5 nitrogen and oxygen atoms in total. The lowest BCUT2D eigenvalue weighted by Gasteiger charge is -2.52. The molecule has 0 aromatic heterocycles. The summed E-state index contributed by atoms with van der Waals surface area (Å²) in [5.74, 6) is 2.76. The Hall–Kier alpha value is -3.60. The number of methoxy groups -OCH3 is 1. The molecule has 2 heterocycles. The first kappa shape index (κ1) is 32.0. The van der Waals surface area contributed by atoms with Crippen LogP contribution >= 0.6 is 0 Å². The molecule has 0 radical (unpaired) electrons. The van der Waals surface area contributed by atoms with Gasteiger partial charge in [0.25, 0.3) is 5.79 Å². The van der Waals surface area contributed by atoms with Crippen LogP contribution in [0.1, 0.15) is 160 Å². The molecule has 5 heteroatoms. The Bertz CT molecular complexity index is 1690. The van der Waals surface area contributed by atoms with E-state index in [1.54, 1.807) is 13.2 Å². The lowest BCUT2D eigenvalue weighted by atomic mass is 9.67. The third-order valence-corrected chi connectivity index (χ3v) is 11.7. The van der Waals surface area contributed by atoms with Gasteiger partial charge in [-0.1, -0.05) is 96.6 Å². The summed E-state index contributed by atoms with van der Waals surface area (Å²) in [7, 11) is 1.78. The van der Waals surface area contributed by atoms with Gasteiger partial charge in [-0.3, -0.25) is 9.59 Å². The lowest BCUT2D eigenvalue weighted by Crippen LogP contribution is -2.56. The van der Waals surface area contributed by atoms with E-state index in [1.807, 2.05) is 12.1 Å². The van der Waals surface area contributed by atoms with Gasteiger partial charge in [-0.25, -0.2) is 0 Å². The Morgan fingerprint density at radius 2 is 1.19 bits per heavy atom. The van der Waals surface area contributed by atoms with Crippen molar-refractivity contribution in [2.45, 2.75) is 133 Å². The molecule has 1 spiro atoms. The van der Waals surface area contributed by atoms with Crippen molar-refractivity contribution in [3.63, 3.8) is 0 Å². The molecule has 2 fully saturated rings. The van der Waals surface area contributed by atoms with Crippen LogP contribution in [-0.4, -0.2) is 25.5 Å². The normalized spacial score (nSPS) is 23.6. The van der Waals surface area contributed by atoms with Crippen molar-refractivity contribution in [3.8, 4) is 28.4 Å². The summed E-state index contributed by atoms with van der Waals surface area (Å²) >= 11 is 0. The Kier molecular flexibility index (Phi) is 8.25. The van der Waals surface area contributed by atoms with E-state index >= 15 is 0 Å². The molecule has 0 bridgehead atoms. The van der Waals surface area contributed by atoms with Gasteiger partial charge in [0.2, 0.25) is 0 Å². The van der Waals surface area contributed by atoms with Crippen molar-refractivity contribution < 1.29 is 23.8 Å². The summed E-state index contributed by atoms with van der Waals surface area (Å²) in [4.78, 5) is 23.7. The predicted molar refractivity (Wildman–Crippen MR) is 187 cm³/mol. The molecule has 0 N–H and O–H groups in total. The minimum atomic E-state index is -0.847. The first-order valence-corrected chi connectivity index (χ1v) is 17.9. The number of fused-ring (bicyclic) bond motifs is 2. The smallest absolute Gasteiger partial charge is 0.253 e. The number of benzene rings is 3. The SMILES string of the molecule is COc1ccc2c(c1C1CCCCC1)OC1(CC2(C)C)CC(C)(C)c2ccc(-c3ccc(C=O)c(C=O)c3)c(C3CCCCC3)c2O1. The molecular formula is C42H50O5. The maximum absolute atomic E-state index is 12.0. The summed E-state index contributed by atoms with van der Waals surface area (Å²) < 4.78 is 20.9. The van der Waals surface area contributed by atoms with Gasteiger partial charge in [0.1, 0.15) is 17.2 Å². The number of hydrogen-bond donors (Lipinski definition) is 0. The molecule has 2 saturated carbocycles. The van der Waals surface area contributed by atoms with Gasteiger partial charge in [-0.05, 0) is 60.8 Å². The standard InChI is InChI=1S/C42H50O5/c1-40(2)25-42(26-41(3,4)34-20-21-35(45-5)37(39(34)47-42)28-14-10-7-11-15-28)46-38-33(40)19-18-32(36(38)27-12-8-6-9-13-27)29-16-17-30(23-43)31(22-29)24-44/h16-24,27-28H,6-15,25-26H2,1-5H3. The van der Waals surface area contributed by atoms with Crippen LogP contribution in [0.5, 0.6) is 17.2 Å². The molecule has 1 atom stereocenters. The van der Waals surface area contributed by atoms with Crippen LogP contribution in [0.25, 0.3) is 11.1 Å². The minimum absolute atomic E-state index is 0.178. The molecule has 248 valence electrons. The van der Waals surface area contributed by atoms with Crippen LogP contribution in [0, 0.1) is 0 Å². The van der Waals surface area contributed by atoms with Gasteiger partial charge in [-0.15, -0.1) is 0 Å². The van der Waals surface area contributed by atoms with Crippen LogP contribution in [-0.2, 0) is 10.8 Å². The highest BCUT2D eigenvalue weighted by Crippen LogP contribution is 2.59. The summed E-state index contributed by atoms with van der Waals surface area (Å²) in [6, 6.07) is 14.5. The van der Waals surface area contributed by atoms with E-state index in [-0.39, 0.29) is 10.8 Å². The average Bonchev–Trinajstić information content (AvgIpc) is 3.06. The molecule has 1 unspecified atom stereocenters. The maximum Gasteiger partial charge on any atom is 0.253 e. The Morgan fingerprint density at radius 1 is 0.660 bits per heavy atom. The zero-order valence-corrected chi connectivity index (χ0v) is 28.9. The highest BCUT2D eigenvalue weighted by molar-refractivity contribution is 5.92. The number of carbonyl (C=O) groups is 2. The number of ether oxygens (including phenoxy) is 3. The maximum atomic E-state index is 12.0. The summed E-state index contributed by atoms with van der Waals surface area (Å²) in [5, 5.41) is 0. The van der Waals surface area contributed by atoms with E-state index in [0.717, 1.165) is 79.5 Å². The Balaban J connectivity index is 1.41. The molecule has 7 rings (SSSR count). The largest absolute Gasteiger partial charge is 0.496 e. The van der Waals surface area contributed by atoms with Gasteiger partial charge in [0.05, 0.1) is 7.11 Å². The number of rotatable bonds is 6. The summed E-state index contributed by atoms with van der Waals surface area (Å²) in [5.41, 5.74) is 7.40. The van der Waals surface area contributed by atoms with Crippen molar-refractivity contribution in [2.75, 3.05) is 7.11 Å². The summed E-state index contributed by atoms with van der Waals surface area (Å²) in [6.45, 7) is 9.35. The van der Waals surface area contributed by atoms with Crippen molar-refractivity contribution >= 4 is 12.6 Å². The fourth-order valence-electron chi connectivity index (χ4n) is 9.56. The van der Waals surface area contributed by atoms with Gasteiger partial charge >= 0.3 is 0 Å². The van der Waals surface area contributed by atoms with Crippen molar-refractivity contribution in [1.29, 1.82) is 0 Å². The van der Waals surface area contributed by atoms with E-state index in [0.29, 0.717) is 23.0 Å². The zero-order valence-electron chi connectivity index (χ0n) is 28.9. The molecule has 47 heavy (non-hydrogen) atoms. The van der Waals surface area contributed by atoms with Gasteiger partial charge in [0.15, 0.2) is 12.6 Å². The first-order chi connectivity index (χ1) is 22.6. The fraction of sp³-hybridized carbons (Fsp3) is 0.524. The van der Waals surface area contributed by atoms with Crippen LogP contribution < -0.4 is 14.2 Å². The molecule has 2 aliphatic heterocycles. The van der Waals surface area contributed by atoms with Crippen LogP contribution in [0.2, 0.25) is 0 Å². The van der Waals surface area contributed by atoms with Crippen molar-refractivity contribution in [1.82, 2.24) is 0 Å². The molecular weight excluding hydrogens is 584 g/mol. The molecule has 4 aliphatic rings. The molecule has 2 aliphatic carbocycles. The molecule has 0 saturated heterocycles. The highest BCUT2D eigenvalue weighted by atomic mass is 16.7. The second kappa shape index (κ2) is 12.1. The fourth-order valence-corrected chi connectivity index (χ4v) is 9.56. The molecule has 0 amide bonds. The Labute approximate surface area is 280 Å². The van der Waals surface area contributed by atoms with E-state index in [4.69, 9.17) is 14.2 Å².